The van der Waals surface area contributed by atoms with Gasteiger partial charge in [0, 0.05) is 4.47 Å². The first-order valence-corrected chi connectivity index (χ1v) is 5.65. The monoisotopic (exact) mass is 281 g/mol. The van der Waals surface area contributed by atoms with E-state index in [4.69, 9.17) is 0 Å². The lowest BCUT2D eigenvalue weighted by molar-refractivity contribution is 0.0785. The number of rotatable bonds is 2. The van der Waals surface area contributed by atoms with Gasteiger partial charge in [0.15, 0.2) is 0 Å². The van der Waals surface area contributed by atoms with E-state index in [0.29, 0.717) is 0 Å². The zero-order chi connectivity index (χ0) is 11.8. The van der Waals surface area contributed by atoms with Crippen LogP contribution < -0.4 is 0 Å². The van der Waals surface area contributed by atoms with Crippen LogP contribution in [-0.4, -0.2) is 19.9 Å². The number of aromatic nitrogens is 3. The van der Waals surface area contributed by atoms with Crippen LogP contribution in [0.1, 0.15) is 19.4 Å². The van der Waals surface area contributed by atoms with Gasteiger partial charge in [-0.25, -0.2) is 9.67 Å². The van der Waals surface area contributed by atoms with Crippen molar-refractivity contribution in [2.45, 2.75) is 19.4 Å². The molecule has 16 heavy (non-hydrogen) atoms. The first-order valence-electron chi connectivity index (χ1n) is 4.86. The summed E-state index contributed by atoms with van der Waals surface area (Å²) in [6.45, 7) is 3.51. The fourth-order valence-electron chi connectivity index (χ4n) is 1.41. The fourth-order valence-corrected chi connectivity index (χ4v) is 1.97. The predicted octanol–water partition coefficient (Wildman–Crippen LogP) is 2.26. The molecule has 0 bridgehead atoms. The van der Waals surface area contributed by atoms with Crippen LogP contribution in [0.2, 0.25) is 0 Å². The van der Waals surface area contributed by atoms with E-state index in [-0.39, 0.29) is 0 Å². The lowest BCUT2D eigenvalue weighted by Crippen LogP contribution is -2.15. The number of hydrogen-bond donors (Lipinski definition) is 1. The molecule has 0 atom stereocenters. The molecular formula is C11H12BrN3O. The van der Waals surface area contributed by atoms with Crippen LogP contribution in [0.3, 0.4) is 0 Å². The van der Waals surface area contributed by atoms with E-state index >= 15 is 0 Å². The highest BCUT2D eigenvalue weighted by Gasteiger charge is 2.17. The lowest BCUT2D eigenvalue weighted by Gasteiger charge is -2.18. The van der Waals surface area contributed by atoms with E-state index in [1.807, 2.05) is 18.2 Å². The van der Waals surface area contributed by atoms with Crippen molar-refractivity contribution in [3.8, 4) is 5.69 Å². The Morgan fingerprint density at radius 3 is 2.62 bits per heavy atom. The minimum absolute atomic E-state index is 0.844. The molecule has 0 aliphatic carbocycles. The third-order valence-corrected chi connectivity index (χ3v) is 2.95. The summed E-state index contributed by atoms with van der Waals surface area (Å²) in [4.78, 5) is 3.89. The Kier molecular flexibility index (Phi) is 2.82. The van der Waals surface area contributed by atoms with Crippen LogP contribution in [0.15, 0.2) is 35.3 Å². The minimum Gasteiger partial charge on any atom is -0.386 e. The third kappa shape index (κ3) is 2.15. The van der Waals surface area contributed by atoms with Crippen molar-refractivity contribution in [1.82, 2.24) is 14.8 Å². The molecule has 5 heteroatoms. The van der Waals surface area contributed by atoms with Gasteiger partial charge < -0.3 is 5.11 Å². The summed E-state index contributed by atoms with van der Waals surface area (Å²) < 4.78 is 2.54. The molecule has 0 saturated carbocycles. The van der Waals surface area contributed by atoms with Crippen molar-refractivity contribution >= 4 is 15.9 Å². The van der Waals surface area contributed by atoms with Crippen molar-refractivity contribution in [2.24, 2.45) is 0 Å². The molecule has 0 aliphatic rings. The normalized spacial score (nSPS) is 11.8. The fraction of sp³-hybridized carbons (Fsp3) is 0.273. The quantitative estimate of drug-likeness (QED) is 0.919. The molecule has 0 saturated heterocycles. The van der Waals surface area contributed by atoms with Gasteiger partial charge in [-0.1, -0.05) is 6.07 Å². The highest BCUT2D eigenvalue weighted by Crippen LogP contribution is 2.27. The van der Waals surface area contributed by atoms with Gasteiger partial charge in [-0.15, -0.1) is 0 Å². The largest absolute Gasteiger partial charge is 0.386 e. The molecule has 0 spiro atoms. The van der Waals surface area contributed by atoms with E-state index in [2.05, 4.69) is 26.0 Å². The predicted molar refractivity (Wildman–Crippen MR) is 64.3 cm³/mol. The van der Waals surface area contributed by atoms with E-state index in [9.17, 15) is 5.11 Å². The number of benzene rings is 1. The van der Waals surface area contributed by atoms with Crippen molar-refractivity contribution in [3.63, 3.8) is 0 Å². The maximum absolute atomic E-state index is 9.88. The van der Waals surface area contributed by atoms with Crippen LogP contribution in [0, 0.1) is 0 Å². The Hall–Kier alpha value is -1.20. The zero-order valence-electron chi connectivity index (χ0n) is 9.05. The Balaban J connectivity index is 2.46. The zero-order valence-corrected chi connectivity index (χ0v) is 10.6. The van der Waals surface area contributed by atoms with Gasteiger partial charge in [-0.3, -0.25) is 0 Å². The maximum atomic E-state index is 9.88. The topological polar surface area (TPSA) is 50.9 Å². The Morgan fingerprint density at radius 2 is 2.12 bits per heavy atom. The summed E-state index contributed by atoms with van der Waals surface area (Å²) in [7, 11) is 0. The summed E-state index contributed by atoms with van der Waals surface area (Å²) in [6.07, 6.45) is 3.11. The molecule has 1 heterocycles. The molecule has 0 fully saturated rings. The van der Waals surface area contributed by atoms with Gasteiger partial charge in [0.25, 0.3) is 0 Å². The number of nitrogens with zero attached hydrogens (tertiary/aromatic N) is 3. The highest BCUT2D eigenvalue weighted by molar-refractivity contribution is 9.10. The molecule has 2 rings (SSSR count). The van der Waals surface area contributed by atoms with Gasteiger partial charge in [0.05, 0.1) is 11.3 Å². The molecule has 0 radical (unpaired) electrons. The third-order valence-electron chi connectivity index (χ3n) is 2.32. The molecular weight excluding hydrogens is 270 g/mol. The molecule has 0 amide bonds. The Morgan fingerprint density at radius 1 is 1.38 bits per heavy atom. The summed E-state index contributed by atoms with van der Waals surface area (Å²) in [5.41, 5.74) is 0.900. The summed E-state index contributed by atoms with van der Waals surface area (Å²) in [5.74, 6) is 0. The van der Waals surface area contributed by atoms with E-state index in [1.165, 1.54) is 6.33 Å². The summed E-state index contributed by atoms with van der Waals surface area (Å²) >= 11 is 3.46. The average molecular weight is 282 g/mol. The molecule has 1 aromatic carbocycles. The second kappa shape index (κ2) is 3.99. The van der Waals surface area contributed by atoms with Crippen LogP contribution in [-0.2, 0) is 5.60 Å². The minimum atomic E-state index is -0.844. The van der Waals surface area contributed by atoms with Crippen LogP contribution in [0.5, 0.6) is 0 Å². The molecule has 2 aromatic rings. The number of hydrogen-bond acceptors (Lipinski definition) is 3. The van der Waals surface area contributed by atoms with E-state index < -0.39 is 5.60 Å². The highest BCUT2D eigenvalue weighted by atomic mass is 79.9. The standard InChI is InChI=1S/C11H12BrN3O/c1-11(2,16)8-3-4-10(9(12)5-8)15-7-13-6-14-15/h3-7,16H,1-2H3. The number of aliphatic hydroxyl groups is 1. The molecule has 0 unspecified atom stereocenters. The number of halogens is 1. The molecule has 4 nitrogen and oxygen atoms in total. The van der Waals surface area contributed by atoms with Gasteiger partial charge >= 0.3 is 0 Å². The average Bonchev–Trinajstić information content (AvgIpc) is 2.69. The summed E-state index contributed by atoms with van der Waals surface area (Å²) in [6, 6.07) is 5.66. The van der Waals surface area contributed by atoms with Gasteiger partial charge in [0.2, 0.25) is 0 Å². The molecule has 1 aromatic heterocycles. The van der Waals surface area contributed by atoms with Gasteiger partial charge in [-0.2, -0.15) is 5.10 Å². The second-order valence-corrected chi connectivity index (χ2v) is 4.92. The molecule has 84 valence electrons. The molecule has 1 N–H and O–H groups in total. The Labute approximate surface area is 102 Å². The first kappa shape index (κ1) is 11.3. The van der Waals surface area contributed by atoms with Crippen molar-refractivity contribution in [1.29, 1.82) is 0 Å². The van der Waals surface area contributed by atoms with E-state index in [1.54, 1.807) is 24.9 Å². The maximum Gasteiger partial charge on any atom is 0.138 e. The first-order chi connectivity index (χ1) is 7.48. The SMILES string of the molecule is CC(C)(O)c1ccc(-n2cncn2)c(Br)c1. The Bertz CT molecular complexity index is 488. The lowest BCUT2D eigenvalue weighted by atomic mass is 9.98. The van der Waals surface area contributed by atoms with Crippen LogP contribution in [0.4, 0.5) is 0 Å². The smallest absolute Gasteiger partial charge is 0.138 e. The van der Waals surface area contributed by atoms with Crippen molar-refractivity contribution < 1.29 is 5.11 Å². The van der Waals surface area contributed by atoms with Gasteiger partial charge in [-0.05, 0) is 47.5 Å². The van der Waals surface area contributed by atoms with Crippen molar-refractivity contribution in [3.05, 3.63) is 40.9 Å². The molecule has 0 aliphatic heterocycles. The van der Waals surface area contributed by atoms with Crippen molar-refractivity contribution in [2.75, 3.05) is 0 Å². The second-order valence-electron chi connectivity index (χ2n) is 4.07. The summed E-state index contributed by atoms with van der Waals surface area (Å²) in [5, 5.41) is 13.9. The van der Waals surface area contributed by atoms with Crippen LogP contribution in [0.25, 0.3) is 5.69 Å². The van der Waals surface area contributed by atoms with Crippen LogP contribution >= 0.6 is 15.9 Å². The van der Waals surface area contributed by atoms with Gasteiger partial charge in [0.1, 0.15) is 12.7 Å². The van der Waals surface area contributed by atoms with E-state index in [0.717, 1.165) is 15.7 Å².